The van der Waals surface area contributed by atoms with Crippen LogP contribution in [0.2, 0.25) is 0 Å². The average molecular weight is 221 g/mol. The van der Waals surface area contributed by atoms with Crippen molar-refractivity contribution in [2.45, 2.75) is 24.2 Å². The summed E-state index contributed by atoms with van der Waals surface area (Å²) in [5.74, 6) is 0. The Morgan fingerprint density at radius 3 is 2.40 bits per heavy atom. The number of rotatable bonds is 5. The maximum absolute atomic E-state index is 3.31. The molecule has 0 atom stereocenters. The summed E-state index contributed by atoms with van der Waals surface area (Å²) < 4.78 is 0. The van der Waals surface area contributed by atoms with Crippen LogP contribution in [0.5, 0.6) is 0 Å². The summed E-state index contributed by atoms with van der Waals surface area (Å²) in [5.41, 5.74) is 2.07. The van der Waals surface area contributed by atoms with Crippen LogP contribution < -0.4 is 5.32 Å². The lowest BCUT2D eigenvalue weighted by molar-refractivity contribution is 0.478. The minimum absolute atomic E-state index is 0.579. The highest BCUT2D eigenvalue weighted by Gasteiger charge is 2.41. The fourth-order valence-electron chi connectivity index (χ4n) is 2.14. The molecule has 0 radical (unpaired) electrons. The number of nitrogens with one attached hydrogen (secondary N) is 1. The Morgan fingerprint density at radius 2 is 1.93 bits per heavy atom. The molecule has 1 aliphatic carbocycles. The lowest BCUT2D eigenvalue weighted by Crippen LogP contribution is -2.21. The van der Waals surface area contributed by atoms with Gasteiger partial charge in [0.15, 0.2) is 0 Å². The molecule has 15 heavy (non-hydrogen) atoms. The van der Waals surface area contributed by atoms with E-state index in [4.69, 9.17) is 0 Å². The zero-order valence-electron chi connectivity index (χ0n) is 9.55. The van der Waals surface area contributed by atoms with Crippen LogP contribution in [-0.4, -0.2) is 19.8 Å². The minimum atomic E-state index is 0.579. The van der Waals surface area contributed by atoms with E-state index in [2.05, 4.69) is 42.9 Å². The summed E-state index contributed by atoms with van der Waals surface area (Å²) in [6, 6.07) is 9.02. The predicted molar refractivity (Wildman–Crippen MR) is 67.5 cm³/mol. The van der Waals surface area contributed by atoms with Gasteiger partial charge in [-0.3, -0.25) is 0 Å². The van der Waals surface area contributed by atoms with E-state index in [0.29, 0.717) is 5.41 Å². The lowest BCUT2D eigenvalue weighted by atomic mass is 9.96. The quantitative estimate of drug-likeness (QED) is 0.767. The van der Waals surface area contributed by atoms with Gasteiger partial charge in [0.1, 0.15) is 0 Å². The fraction of sp³-hybridized carbons (Fsp3) is 0.538. The van der Waals surface area contributed by atoms with Crippen LogP contribution in [0.25, 0.3) is 0 Å². The molecule has 0 aromatic heterocycles. The van der Waals surface area contributed by atoms with Crippen LogP contribution in [0, 0.1) is 5.41 Å². The van der Waals surface area contributed by atoms with E-state index in [9.17, 15) is 0 Å². The highest BCUT2D eigenvalue weighted by atomic mass is 32.2. The lowest BCUT2D eigenvalue weighted by Gasteiger charge is -2.14. The van der Waals surface area contributed by atoms with E-state index in [-0.39, 0.29) is 0 Å². The van der Waals surface area contributed by atoms with E-state index in [1.807, 2.05) is 11.8 Å². The third-order valence-electron chi connectivity index (χ3n) is 3.25. The van der Waals surface area contributed by atoms with Crippen LogP contribution in [0.15, 0.2) is 29.2 Å². The van der Waals surface area contributed by atoms with Crippen molar-refractivity contribution in [3.63, 3.8) is 0 Å². The molecule has 1 fully saturated rings. The Labute approximate surface area is 96.7 Å². The topological polar surface area (TPSA) is 12.0 Å². The van der Waals surface area contributed by atoms with Gasteiger partial charge in [0.05, 0.1) is 0 Å². The van der Waals surface area contributed by atoms with Crippen molar-refractivity contribution in [2.24, 2.45) is 5.41 Å². The first-order chi connectivity index (χ1) is 7.28. The molecule has 1 nitrogen and oxygen atoms in total. The van der Waals surface area contributed by atoms with Crippen LogP contribution >= 0.6 is 11.8 Å². The number of benzene rings is 1. The molecule has 1 aliphatic rings. The summed E-state index contributed by atoms with van der Waals surface area (Å²) in [5, 5.41) is 3.31. The molecule has 0 bridgehead atoms. The Hall–Kier alpha value is -0.470. The summed E-state index contributed by atoms with van der Waals surface area (Å²) in [6.07, 6.45) is 6.14. The van der Waals surface area contributed by atoms with Gasteiger partial charge in [-0.1, -0.05) is 12.1 Å². The van der Waals surface area contributed by atoms with Gasteiger partial charge in [-0.05, 0) is 55.7 Å². The Morgan fingerprint density at radius 1 is 1.27 bits per heavy atom. The van der Waals surface area contributed by atoms with E-state index in [1.165, 1.54) is 29.7 Å². The maximum atomic E-state index is 3.31. The molecule has 0 aliphatic heterocycles. The van der Waals surface area contributed by atoms with Gasteiger partial charge in [0.25, 0.3) is 0 Å². The summed E-state index contributed by atoms with van der Waals surface area (Å²) in [4.78, 5) is 1.36. The first-order valence-corrected chi connectivity index (χ1v) is 6.78. The second kappa shape index (κ2) is 4.58. The van der Waals surface area contributed by atoms with Crippen molar-refractivity contribution in [2.75, 3.05) is 19.8 Å². The van der Waals surface area contributed by atoms with Gasteiger partial charge in [-0.15, -0.1) is 11.8 Å². The van der Waals surface area contributed by atoms with Gasteiger partial charge in [0.2, 0.25) is 0 Å². The van der Waals surface area contributed by atoms with E-state index in [0.717, 1.165) is 6.54 Å². The molecule has 0 amide bonds. The van der Waals surface area contributed by atoms with Crippen molar-refractivity contribution >= 4 is 11.8 Å². The molecule has 2 heteroatoms. The van der Waals surface area contributed by atoms with Crippen molar-refractivity contribution in [1.29, 1.82) is 0 Å². The van der Waals surface area contributed by atoms with Crippen LogP contribution in [-0.2, 0) is 6.42 Å². The number of thioether (sulfide) groups is 1. The minimum Gasteiger partial charge on any atom is -0.319 e. The molecule has 0 unspecified atom stereocenters. The summed E-state index contributed by atoms with van der Waals surface area (Å²) >= 11 is 1.81. The van der Waals surface area contributed by atoms with E-state index >= 15 is 0 Å². The summed E-state index contributed by atoms with van der Waals surface area (Å²) in [6.45, 7) is 1.16. The highest BCUT2D eigenvalue weighted by molar-refractivity contribution is 7.98. The first kappa shape index (κ1) is 11.0. The second-order valence-electron chi connectivity index (χ2n) is 4.56. The largest absolute Gasteiger partial charge is 0.319 e. The Balaban J connectivity index is 1.98. The molecule has 0 saturated heterocycles. The van der Waals surface area contributed by atoms with Crippen LogP contribution in [0.1, 0.15) is 18.4 Å². The molecular weight excluding hydrogens is 202 g/mol. The second-order valence-corrected chi connectivity index (χ2v) is 5.43. The van der Waals surface area contributed by atoms with Crippen molar-refractivity contribution in [1.82, 2.24) is 5.32 Å². The van der Waals surface area contributed by atoms with Gasteiger partial charge >= 0.3 is 0 Å². The first-order valence-electron chi connectivity index (χ1n) is 5.56. The maximum Gasteiger partial charge on any atom is 0.00693 e. The van der Waals surface area contributed by atoms with Crippen molar-refractivity contribution < 1.29 is 0 Å². The molecule has 0 spiro atoms. The Kier molecular flexibility index (Phi) is 3.37. The zero-order chi connectivity index (χ0) is 10.7. The monoisotopic (exact) mass is 221 g/mol. The third kappa shape index (κ3) is 2.76. The number of hydrogen-bond donors (Lipinski definition) is 1. The molecule has 1 aromatic rings. The zero-order valence-corrected chi connectivity index (χ0v) is 10.4. The summed E-state index contributed by atoms with van der Waals surface area (Å²) in [7, 11) is 2.05. The third-order valence-corrected chi connectivity index (χ3v) is 3.99. The molecule has 1 N–H and O–H groups in total. The highest BCUT2D eigenvalue weighted by Crippen LogP contribution is 2.47. The van der Waals surface area contributed by atoms with E-state index in [1.54, 1.807) is 0 Å². The fourth-order valence-corrected chi connectivity index (χ4v) is 2.55. The standard InChI is InChI=1S/C13H19NS/c1-14-10-13(7-8-13)9-11-3-5-12(15-2)6-4-11/h3-6,14H,7-10H2,1-2H3. The van der Waals surface area contributed by atoms with E-state index < -0.39 is 0 Å². The van der Waals surface area contributed by atoms with Gasteiger partial charge in [-0.25, -0.2) is 0 Å². The molecule has 82 valence electrons. The normalized spacial score (nSPS) is 17.7. The smallest absolute Gasteiger partial charge is 0.00693 e. The SMILES string of the molecule is CNCC1(Cc2ccc(SC)cc2)CC1. The van der Waals surface area contributed by atoms with Crippen molar-refractivity contribution in [3.8, 4) is 0 Å². The number of hydrogen-bond acceptors (Lipinski definition) is 2. The Bertz CT molecular complexity index is 314. The molecule has 1 aromatic carbocycles. The molecule has 0 heterocycles. The van der Waals surface area contributed by atoms with Gasteiger partial charge in [-0.2, -0.15) is 0 Å². The predicted octanol–water partition coefficient (Wildman–Crippen LogP) is 2.95. The average Bonchev–Trinajstić information content (AvgIpc) is 3.00. The van der Waals surface area contributed by atoms with Gasteiger partial charge < -0.3 is 5.32 Å². The molecule has 2 rings (SSSR count). The molecular formula is C13H19NS. The molecule has 1 saturated carbocycles. The van der Waals surface area contributed by atoms with Crippen molar-refractivity contribution in [3.05, 3.63) is 29.8 Å². The van der Waals surface area contributed by atoms with Crippen LogP contribution in [0.4, 0.5) is 0 Å². The van der Waals surface area contributed by atoms with Gasteiger partial charge in [0, 0.05) is 11.4 Å². The van der Waals surface area contributed by atoms with Crippen LogP contribution in [0.3, 0.4) is 0 Å².